The molecule has 0 aliphatic rings. The minimum atomic E-state index is -1.21. The molecule has 0 fully saturated rings. The van der Waals surface area contributed by atoms with Gasteiger partial charge in [-0.1, -0.05) is 46.9 Å². The third-order valence-electron chi connectivity index (χ3n) is 4.27. The highest BCUT2D eigenvalue weighted by Crippen LogP contribution is 2.39. The molecule has 0 radical (unpaired) electrons. The molecule has 0 unspecified atom stereocenters. The fourth-order valence-corrected chi connectivity index (χ4v) is 3.41. The van der Waals surface area contributed by atoms with Crippen molar-refractivity contribution in [2.75, 3.05) is 0 Å². The van der Waals surface area contributed by atoms with Crippen LogP contribution < -0.4 is 0 Å². The van der Waals surface area contributed by atoms with Crippen molar-refractivity contribution in [3.63, 3.8) is 0 Å². The molecule has 4 rings (SSSR count). The highest BCUT2D eigenvalue weighted by molar-refractivity contribution is 6.36. The smallest absolute Gasteiger partial charge is 0.324 e. The van der Waals surface area contributed by atoms with E-state index in [9.17, 15) is 30.3 Å². The number of aromatic nitrogens is 2. The molecule has 0 spiro atoms. The van der Waals surface area contributed by atoms with Gasteiger partial charge in [-0.2, -0.15) is 0 Å². The molecule has 2 aromatic carbocycles. The standard InChI is InChI=1S/C13H7Cl3N2.C6H3N3O7/c14-9-3-1-8(2-4-9)12-7-18-6-10(15)5-11(16)13(18)17-12;10-6-4(8(13)14)1-3(7(11)12)2-5(6)9(15)16/h1-7H;1-2,10H. The van der Waals surface area contributed by atoms with Crippen molar-refractivity contribution in [1.82, 2.24) is 9.38 Å². The number of phenols is 1. The van der Waals surface area contributed by atoms with Gasteiger partial charge in [0.1, 0.15) is 0 Å². The maximum absolute atomic E-state index is 10.4. The Kier molecular flexibility index (Phi) is 7.15. The number of non-ortho nitro benzene ring substituents is 1. The first-order valence-corrected chi connectivity index (χ1v) is 10.0. The van der Waals surface area contributed by atoms with Crippen LogP contribution in [0, 0.1) is 30.3 Å². The van der Waals surface area contributed by atoms with Crippen LogP contribution in [0.15, 0.2) is 54.9 Å². The van der Waals surface area contributed by atoms with Crippen LogP contribution in [0.4, 0.5) is 17.1 Å². The number of hydrogen-bond acceptors (Lipinski definition) is 8. The molecular formula is C19H10Cl3N5O7. The summed E-state index contributed by atoms with van der Waals surface area (Å²) < 4.78 is 1.81. The number of phenolic OH excluding ortho intramolecular Hbond substituents is 1. The van der Waals surface area contributed by atoms with Crippen LogP contribution in [0.3, 0.4) is 0 Å². The summed E-state index contributed by atoms with van der Waals surface area (Å²) in [6.45, 7) is 0. The molecule has 34 heavy (non-hydrogen) atoms. The highest BCUT2D eigenvalue weighted by atomic mass is 35.5. The van der Waals surface area contributed by atoms with Crippen LogP contribution in [0.5, 0.6) is 5.75 Å². The fourth-order valence-electron chi connectivity index (χ4n) is 2.76. The van der Waals surface area contributed by atoms with Crippen LogP contribution in [0.1, 0.15) is 0 Å². The summed E-state index contributed by atoms with van der Waals surface area (Å²) in [6.07, 6.45) is 3.66. The molecule has 0 amide bonds. The highest BCUT2D eigenvalue weighted by Gasteiger charge is 2.30. The molecule has 0 aliphatic heterocycles. The van der Waals surface area contributed by atoms with Gasteiger partial charge in [-0.25, -0.2) is 4.98 Å². The molecule has 2 heterocycles. The topological polar surface area (TPSA) is 167 Å². The Bertz CT molecular complexity index is 1410. The van der Waals surface area contributed by atoms with E-state index in [1.807, 2.05) is 34.9 Å². The molecule has 1 N–H and O–H groups in total. The van der Waals surface area contributed by atoms with Gasteiger partial charge in [0.25, 0.3) is 11.4 Å². The van der Waals surface area contributed by atoms with E-state index in [2.05, 4.69) is 4.98 Å². The fraction of sp³-hybridized carbons (Fsp3) is 0. The Morgan fingerprint density at radius 3 is 1.85 bits per heavy atom. The van der Waals surface area contributed by atoms with Crippen LogP contribution >= 0.6 is 34.8 Å². The second-order valence-electron chi connectivity index (χ2n) is 6.47. The van der Waals surface area contributed by atoms with Gasteiger partial charge in [0.15, 0.2) is 5.65 Å². The Morgan fingerprint density at radius 1 is 0.794 bits per heavy atom. The molecule has 0 atom stereocenters. The molecule has 0 bridgehead atoms. The van der Waals surface area contributed by atoms with E-state index in [4.69, 9.17) is 39.9 Å². The number of nitro benzene ring substituents is 3. The van der Waals surface area contributed by atoms with Crippen molar-refractivity contribution in [3.05, 3.63) is 100 Å². The van der Waals surface area contributed by atoms with Crippen molar-refractivity contribution >= 4 is 57.5 Å². The monoisotopic (exact) mass is 525 g/mol. The van der Waals surface area contributed by atoms with Gasteiger partial charge in [-0.3, -0.25) is 30.3 Å². The number of hydrogen-bond donors (Lipinski definition) is 1. The second kappa shape index (κ2) is 9.87. The van der Waals surface area contributed by atoms with Crippen LogP contribution in [-0.2, 0) is 0 Å². The van der Waals surface area contributed by atoms with Crippen LogP contribution in [-0.4, -0.2) is 29.3 Å². The lowest BCUT2D eigenvalue weighted by Gasteiger charge is -1.97. The number of benzene rings is 2. The Morgan fingerprint density at radius 2 is 1.35 bits per heavy atom. The third-order valence-corrected chi connectivity index (χ3v) is 5.01. The van der Waals surface area contributed by atoms with Gasteiger partial charge in [0.2, 0.25) is 0 Å². The first-order valence-electron chi connectivity index (χ1n) is 8.87. The lowest BCUT2D eigenvalue weighted by atomic mass is 10.2. The van der Waals surface area contributed by atoms with E-state index in [0.29, 0.717) is 32.8 Å². The molecule has 4 aromatic rings. The molecule has 2 aromatic heterocycles. The van der Waals surface area contributed by atoms with Gasteiger partial charge >= 0.3 is 11.4 Å². The quantitative estimate of drug-likeness (QED) is 0.246. The van der Waals surface area contributed by atoms with E-state index in [1.165, 1.54) is 0 Å². The zero-order valence-electron chi connectivity index (χ0n) is 16.5. The van der Waals surface area contributed by atoms with Crippen LogP contribution in [0.2, 0.25) is 15.1 Å². The number of aromatic hydroxyl groups is 1. The van der Waals surface area contributed by atoms with Gasteiger partial charge < -0.3 is 9.51 Å². The van der Waals surface area contributed by atoms with Crippen molar-refractivity contribution in [2.45, 2.75) is 0 Å². The molecular weight excluding hydrogens is 517 g/mol. The van der Waals surface area contributed by atoms with E-state index < -0.39 is 37.6 Å². The number of nitrogens with zero attached hydrogens (tertiary/aromatic N) is 5. The number of halogens is 3. The molecule has 174 valence electrons. The zero-order chi connectivity index (χ0) is 25.2. The number of rotatable bonds is 4. The summed E-state index contributed by atoms with van der Waals surface area (Å²) in [6, 6.07) is 10.1. The molecule has 0 saturated heterocycles. The van der Waals surface area contributed by atoms with E-state index >= 15 is 0 Å². The van der Waals surface area contributed by atoms with E-state index in [1.54, 1.807) is 12.3 Å². The summed E-state index contributed by atoms with van der Waals surface area (Å²) in [5, 5.41) is 42.0. The Hall–Kier alpha value is -4.00. The maximum atomic E-state index is 10.4. The maximum Gasteiger partial charge on any atom is 0.324 e. The summed E-state index contributed by atoms with van der Waals surface area (Å²) in [5.41, 5.74) is -0.505. The lowest BCUT2D eigenvalue weighted by molar-refractivity contribution is -0.404. The molecule has 0 aliphatic carbocycles. The summed E-state index contributed by atoms with van der Waals surface area (Å²) in [4.78, 5) is 32.3. The lowest BCUT2D eigenvalue weighted by Crippen LogP contribution is -1.97. The zero-order valence-corrected chi connectivity index (χ0v) is 18.7. The number of nitro groups is 3. The molecule has 15 heteroatoms. The summed E-state index contributed by atoms with van der Waals surface area (Å²) in [7, 11) is 0. The predicted molar refractivity (Wildman–Crippen MR) is 124 cm³/mol. The van der Waals surface area contributed by atoms with Gasteiger partial charge in [-0.15, -0.1) is 0 Å². The average molecular weight is 527 g/mol. The SMILES string of the molecule is Clc1ccc(-c2cn3cc(Cl)cc(Cl)c3n2)cc1.O=[N+]([O-])c1cc([N+](=O)[O-])c(O)c([N+](=O)[O-])c1. The van der Waals surface area contributed by atoms with E-state index in [-0.39, 0.29) is 0 Å². The minimum Gasteiger partial charge on any atom is -0.497 e. The Labute approximate surface area is 204 Å². The molecule has 12 nitrogen and oxygen atoms in total. The van der Waals surface area contributed by atoms with Crippen molar-refractivity contribution < 1.29 is 19.9 Å². The van der Waals surface area contributed by atoms with Crippen molar-refractivity contribution in [1.29, 1.82) is 0 Å². The van der Waals surface area contributed by atoms with Gasteiger partial charge in [0, 0.05) is 23.0 Å². The first-order chi connectivity index (χ1) is 16.0. The largest absolute Gasteiger partial charge is 0.497 e. The average Bonchev–Trinajstić information content (AvgIpc) is 3.18. The van der Waals surface area contributed by atoms with Gasteiger partial charge in [-0.05, 0) is 18.2 Å². The van der Waals surface area contributed by atoms with Crippen LogP contribution in [0.25, 0.3) is 16.9 Å². The summed E-state index contributed by atoms with van der Waals surface area (Å²) in [5.74, 6) is -1.21. The summed E-state index contributed by atoms with van der Waals surface area (Å²) >= 11 is 17.9. The minimum absolute atomic E-state index is 0.447. The third kappa shape index (κ3) is 5.31. The normalized spacial score (nSPS) is 10.4. The Balaban J connectivity index is 0.000000192. The number of pyridine rings is 1. The van der Waals surface area contributed by atoms with Gasteiger partial charge in [0.05, 0.1) is 42.6 Å². The number of imidazole rings is 1. The van der Waals surface area contributed by atoms with E-state index in [0.717, 1.165) is 11.3 Å². The van der Waals surface area contributed by atoms with Crippen molar-refractivity contribution in [3.8, 4) is 17.0 Å². The predicted octanol–water partition coefficient (Wildman–Crippen LogP) is 6.08. The molecule has 0 saturated carbocycles. The first kappa shape index (κ1) is 24.6. The number of fused-ring (bicyclic) bond motifs is 1. The second-order valence-corrected chi connectivity index (χ2v) is 7.75. The van der Waals surface area contributed by atoms with Crippen molar-refractivity contribution in [2.24, 2.45) is 0 Å².